The number of likely N-dealkylation sites (N-methyl/N-ethyl adjacent to an activating group) is 1. The van der Waals surface area contributed by atoms with E-state index < -0.39 is 0 Å². The van der Waals surface area contributed by atoms with Crippen molar-refractivity contribution in [2.24, 2.45) is 0 Å². The molecule has 128 valence electrons. The van der Waals surface area contributed by atoms with Gasteiger partial charge in [-0.3, -0.25) is 9.78 Å². The molecular formula is C19H25N3O2. The molecule has 0 unspecified atom stereocenters. The number of amides is 1. The highest BCUT2D eigenvalue weighted by atomic mass is 16.5. The number of benzene rings is 1. The first-order valence-corrected chi connectivity index (χ1v) is 8.19. The maximum Gasteiger partial charge on any atom is 0.244 e. The summed E-state index contributed by atoms with van der Waals surface area (Å²) < 4.78 is 5.22. The second-order valence-corrected chi connectivity index (χ2v) is 5.67. The summed E-state index contributed by atoms with van der Waals surface area (Å²) in [6.07, 6.45) is 3.24. The molecule has 1 heterocycles. The van der Waals surface area contributed by atoms with Crippen molar-refractivity contribution < 1.29 is 9.53 Å². The zero-order chi connectivity index (χ0) is 17.4. The minimum atomic E-state index is -0.258. The first-order chi connectivity index (χ1) is 11.6. The van der Waals surface area contributed by atoms with Crippen molar-refractivity contribution in [3.63, 3.8) is 0 Å². The Morgan fingerprint density at radius 3 is 2.79 bits per heavy atom. The largest absolute Gasteiger partial charge is 0.497 e. The molecule has 0 fully saturated rings. The quantitative estimate of drug-likeness (QED) is 0.810. The number of rotatable bonds is 8. The number of aromatic nitrogens is 1. The van der Waals surface area contributed by atoms with Gasteiger partial charge in [0.15, 0.2) is 0 Å². The number of carbonyl (C=O) groups is 1. The summed E-state index contributed by atoms with van der Waals surface area (Å²) in [6, 6.07) is 13.2. The molecule has 2 rings (SSSR count). The summed E-state index contributed by atoms with van der Waals surface area (Å²) in [7, 11) is 3.47. The summed E-state index contributed by atoms with van der Waals surface area (Å²) in [4.78, 5) is 18.7. The molecule has 2 aromatic rings. The molecule has 1 aromatic heterocycles. The van der Waals surface area contributed by atoms with Gasteiger partial charge < -0.3 is 15.0 Å². The van der Waals surface area contributed by atoms with Crippen molar-refractivity contribution in [3.8, 4) is 5.75 Å². The molecule has 0 bridgehead atoms. The van der Waals surface area contributed by atoms with Gasteiger partial charge in [0.05, 0.1) is 7.11 Å². The average molecular weight is 327 g/mol. The Labute approximate surface area is 143 Å². The van der Waals surface area contributed by atoms with E-state index in [9.17, 15) is 4.79 Å². The number of pyridine rings is 1. The average Bonchev–Trinajstić information content (AvgIpc) is 2.64. The fourth-order valence-corrected chi connectivity index (χ4v) is 2.46. The van der Waals surface area contributed by atoms with Crippen LogP contribution in [0.2, 0.25) is 0 Å². The molecule has 0 spiro atoms. The number of hydrogen-bond donors (Lipinski definition) is 1. The number of nitrogens with zero attached hydrogens (tertiary/aromatic N) is 2. The highest BCUT2D eigenvalue weighted by molar-refractivity contribution is 5.84. The van der Waals surface area contributed by atoms with E-state index in [1.165, 1.54) is 0 Å². The Morgan fingerprint density at radius 2 is 2.12 bits per heavy atom. The molecule has 0 saturated carbocycles. The van der Waals surface area contributed by atoms with Crippen LogP contribution in [0.15, 0.2) is 48.7 Å². The molecule has 0 aliphatic carbocycles. The van der Waals surface area contributed by atoms with E-state index in [4.69, 9.17) is 4.74 Å². The van der Waals surface area contributed by atoms with Crippen molar-refractivity contribution in [1.29, 1.82) is 0 Å². The van der Waals surface area contributed by atoms with Crippen LogP contribution >= 0.6 is 0 Å². The molecule has 1 atom stereocenters. The third-order valence-corrected chi connectivity index (χ3v) is 3.92. The van der Waals surface area contributed by atoms with Crippen LogP contribution in [0.3, 0.4) is 0 Å². The van der Waals surface area contributed by atoms with Gasteiger partial charge in [0.1, 0.15) is 11.8 Å². The van der Waals surface area contributed by atoms with Crippen LogP contribution in [0.4, 0.5) is 5.69 Å². The molecule has 1 amide bonds. The van der Waals surface area contributed by atoms with Crippen molar-refractivity contribution in [1.82, 2.24) is 9.88 Å². The van der Waals surface area contributed by atoms with Crippen LogP contribution in [0.25, 0.3) is 0 Å². The van der Waals surface area contributed by atoms with E-state index in [0.29, 0.717) is 13.0 Å². The molecule has 1 N–H and O–H groups in total. The second-order valence-electron chi connectivity index (χ2n) is 5.67. The maximum absolute atomic E-state index is 12.7. The first-order valence-electron chi connectivity index (χ1n) is 8.19. The van der Waals surface area contributed by atoms with Crippen LogP contribution < -0.4 is 10.1 Å². The standard InChI is InChI=1S/C19H25N3O2/c1-4-18(21-16-9-7-10-17(14-16)24-3)19(23)22(2)13-11-15-8-5-6-12-20-15/h5-10,12,14,18,21H,4,11,13H2,1-3H3/t18-/m0/s1. The SMILES string of the molecule is CC[C@H](Nc1cccc(OC)c1)C(=O)N(C)CCc1ccccn1. The van der Waals surface area contributed by atoms with E-state index >= 15 is 0 Å². The van der Waals surface area contributed by atoms with Gasteiger partial charge in [0, 0.05) is 43.7 Å². The molecule has 0 aliphatic rings. The van der Waals surface area contributed by atoms with Gasteiger partial charge in [-0.25, -0.2) is 0 Å². The van der Waals surface area contributed by atoms with Crippen LogP contribution in [-0.2, 0) is 11.2 Å². The predicted molar refractivity (Wildman–Crippen MR) is 96.3 cm³/mol. The van der Waals surface area contributed by atoms with Gasteiger partial charge >= 0.3 is 0 Å². The summed E-state index contributed by atoms with van der Waals surface area (Å²) in [5.41, 5.74) is 1.87. The number of methoxy groups -OCH3 is 1. The Morgan fingerprint density at radius 1 is 1.29 bits per heavy atom. The lowest BCUT2D eigenvalue weighted by Gasteiger charge is -2.24. The van der Waals surface area contributed by atoms with Crippen LogP contribution in [0, 0.1) is 0 Å². The minimum absolute atomic E-state index is 0.0799. The molecule has 5 heteroatoms. The van der Waals surface area contributed by atoms with E-state index in [-0.39, 0.29) is 11.9 Å². The fraction of sp³-hybridized carbons (Fsp3) is 0.368. The smallest absolute Gasteiger partial charge is 0.244 e. The van der Waals surface area contributed by atoms with E-state index in [2.05, 4.69) is 10.3 Å². The molecule has 0 radical (unpaired) electrons. The molecule has 1 aromatic carbocycles. The van der Waals surface area contributed by atoms with Gasteiger partial charge in [-0.1, -0.05) is 19.1 Å². The molecule has 5 nitrogen and oxygen atoms in total. The van der Waals surface area contributed by atoms with Crippen LogP contribution in [0.5, 0.6) is 5.75 Å². The van der Waals surface area contributed by atoms with E-state index in [0.717, 1.165) is 23.6 Å². The van der Waals surface area contributed by atoms with Crippen molar-refractivity contribution in [2.75, 3.05) is 26.0 Å². The van der Waals surface area contributed by atoms with E-state index in [1.807, 2.05) is 56.4 Å². The first kappa shape index (κ1) is 17.8. The third kappa shape index (κ3) is 4.98. The monoisotopic (exact) mass is 327 g/mol. The Hall–Kier alpha value is -2.56. The lowest BCUT2D eigenvalue weighted by molar-refractivity contribution is -0.130. The summed E-state index contributed by atoms with van der Waals surface area (Å²) in [5.74, 6) is 0.849. The second kappa shape index (κ2) is 8.91. The third-order valence-electron chi connectivity index (χ3n) is 3.92. The Bertz CT molecular complexity index is 646. The van der Waals surface area contributed by atoms with Crippen molar-refractivity contribution in [2.45, 2.75) is 25.8 Å². The van der Waals surface area contributed by atoms with Gasteiger partial charge in [0.25, 0.3) is 0 Å². The lowest BCUT2D eigenvalue weighted by atomic mass is 10.1. The zero-order valence-electron chi connectivity index (χ0n) is 14.5. The van der Waals surface area contributed by atoms with Crippen LogP contribution in [0.1, 0.15) is 19.0 Å². The fourth-order valence-electron chi connectivity index (χ4n) is 2.46. The van der Waals surface area contributed by atoms with Crippen molar-refractivity contribution >= 4 is 11.6 Å². The molecule has 24 heavy (non-hydrogen) atoms. The number of hydrogen-bond acceptors (Lipinski definition) is 4. The van der Waals surface area contributed by atoms with Crippen LogP contribution in [-0.4, -0.2) is 42.5 Å². The maximum atomic E-state index is 12.7. The normalized spacial score (nSPS) is 11.6. The number of nitrogens with one attached hydrogen (secondary N) is 1. The highest BCUT2D eigenvalue weighted by Gasteiger charge is 2.20. The highest BCUT2D eigenvalue weighted by Crippen LogP contribution is 2.18. The zero-order valence-corrected chi connectivity index (χ0v) is 14.5. The lowest BCUT2D eigenvalue weighted by Crippen LogP contribution is -2.41. The summed E-state index contributed by atoms with van der Waals surface area (Å²) in [6.45, 7) is 2.65. The molecule has 0 saturated heterocycles. The molecular weight excluding hydrogens is 302 g/mol. The predicted octanol–water partition coefficient (Wildman–Crippen LogP) is 2.98. The Balaban J connectivity index is 1.94. The minimum Gasteiger partial charge on any atom is -0.497 e. The number of ether oxygens (including phenoxy) is 1. The topological polar surface area (TPSA) is 54.5 Å². The summed E-state index contributed by atoms with van der Waals surface area (Å²) in [5, 5.41) is 3.30. The molecule has 0 aliphatic heterocycles. The van der Waals surface area contributed by atoms with Gasteiger partial charge in [-0.2, -0.15) is 0 Å². The number of carbonyl (C=O) groups excluding carboxylic acids is 1. The number of anilines is 1. The van der Waals surface area contributed by atoms with Gasteiger partial charge in [-0.05, 0) is 30.7 Å². The van der Waals surface area contributed by atoms with Gasteiger partial charge in [-0.15, -0.1) is 0 Å². The van der Waals surface area contributed by atoms with E-state index in [1.54, 1.807) is 18.2 Å². The summed E-state index contributed by atoms with van der Waals surface area (Å²) >= 11 is 0. The van der Waals surface area contributed by atoms with Crippen molar-refractivity contribution in [3.05, 3.63) is 54.4 Å². The Kier molecular flexibility index (Phi) is 6.61. The van der Waals surface area contributed by atoms with Gasteiger partial charge in [0.2, 0.25) is 5.91 Å².